The minimum atomic E-state index is 0.00138. The summed E-state index contributed by atoms with van der Waals surface area (Å²) < 4.78 is 0. The zero-order valence-corrected chi connectivity index (χ0v) is 13.0. The summed E-state index contributed by atoms with van der Waals surface area (Å²) >= 11 is 0. The smallest absolute Gasteiger partial charge is 0.317 e. The second-order valence-corrected chi connectivity index (χ2v) is 5.70. The van der Waals surface area contributed by atoms with Gasteiger partial charge in [-0.2, -0.15) is 0 Å². The largest absolute Gasteiger partial charge is 0.381 e. The Labute approximate surface area is 127 Å². The SMILES string of the molecule is C=CCNC(=O)N1CCC[C@H](Nc2ccc(C)c(C)c2)C1. The van der Waals surface area contributed by atoms with Gasteiger partial charge in [-0.05, 0) is 49.9 Å². The molecule has 0 bridgehead atoms. The summed E-state index contributed by atoms with van der Waals surface area (Å²) in [5.41, 5.74) is 3.72. The van der Waals surface area contributed by atoms with Crippen LogP contribution in [0.5, 0.6) is 0 Å². The first-order valence-electron chi connectivity index (χ1n) is 7.57. The van der Waals surface area contributed by atoms with Gasteiger partial charge in [0.2, 0.25) is 0 Å². The normalized spacial score (nSPS) is 18.2. The van der Waals surface area contributed by atoms with Crippen LogP contribution in [0.4, 0.5) is 10.5 Å². The van der Waals surface area contributed by atoms with Gasteiger partial charge in [0, 0.05) is 31.4 Å². The third-order valence-corrected chi connectivity index (χ3v) is 3.98. The number of nitrogens with one attached hydrogen (secondary N) is 2. The van der Waals surface area contributed by atoms with Gasteiger partial charge in [-0.15, -0.1) is 6.58 Å². The van der Waals surface area contributed by atoms with Gasteiger partial charge in [-0.25, -0.2) is 4.79 Å². The van der Waals surface area contributed by atoms with E-state index in [1.54, 1.807) is 6.08 Å². The zero-order chi connectivity index (χ0) is 15.2. The minimum absolute atomic E-state index is 0.00138. The van der Waals surface area contributed by atoms with Gasteiger partial charge in [-0.1, -0.05) is 12.1 Å². The van der Waals surface area contributed by atoms with E-state index in [0.717, 1.165) is 31.6 Å². The Morgan fingerprint density at radius 1 is 1.43 bits per heavy atom. The van der Waals surface area contributed by atoms with E-state index in [0.29, 0.717) is 12.6 Å². The first-order valence-corrected chi connectivity index (χ1v) is 7.57. The van der Waals surface area contributed by atoms with Crippen molar-refractivity contribution in [2.75, 3.05) is 25.0 Å². The molecule has 4 nitrogen and oxygen atoms in total. The number of carbonyl (C=O) groups excluding carboxylic acids is 1. The van der Waals surface area contributed by atoms with Gasteiger partial charge in [0.15, 0.2) is 0 Å². The van der Waals surface area contributed by atoms with Gasteiger partial charge in [-0.3, -0.25) is 0 Å². The summed E-state index contributed by atoms with van der Waals surface area (Å²) in [4.78, 5) is 13.9. The second kappa shape index (κ2) is 7.16. The van der Waals surface area contributed by atoms with Gasteiger partial charge in [0.05, 0.1) is 0 Å². The van der Waals surface area contributed by atoms with E-state index in [2.05, 4.69) is 49.3 Å². The maximum Gasteiger partial charge on any atom is 0.317 e. The summed E-state index contributed by atoms with van der Waals surface area (Å²) in [7, 11) is 0. The Kier molecular flexibility index (Phi) is 5.26. The molecule has 0 aliphatic carbocycles. The molecule has 2 amide bonds. The molecule has 2 rings (SSSR count). The molecule has 1 aromatic carbocycles. The lowest BCUT2D eigenvalue weighted by Gasteiger charge is -2.33. The van der Waals surface area contributed by atoms with Crippen LogP contribution in [0, 0.1) is 13.8 Å². The van der Waals surface area contributed by atoms with Crippen LogP contribution in [0.3, 0.4) is 0 Å². The highest BCUT2D eigenvalue weighted by Crippen LogP contribution is 2.19. The Balaban J connectivity index is 1.93. The highest BCUT2D eigenvalue weighted by atomic mass is 16.2. The predicted octanol–water partition coefficient (Wildman–Crippen LogP) is 3.08. The van der Waals surface area contributed by atoms with Crippen molar-refractivity contribution < 1.29 is 4.79 Å². The van der Waals surface area contributed by atoms with E-state index in [-0.39, 0.29) is 6.03 Å². The van der Waals surface area contributed by atoms with Crippen molar-refractivity contribution in [1.82, 2.24) is 10.2 Å². The molecule has 0 unspecified atom stereocenters. The average Bonchev–Trinajstić information content (AvgIpc) is 2.49. The summed E-state index contributed by atoms with van der Waals surface area (Å²) in [5.74, 6) is 0. The number of carbonyl (C=O) groups is 1. The van der Waals surface area contributed by atoms with Crippen LogP contribution < -0.4 is 10.6 Å². The lowest BCUT2D eigenvalue weighted by atomic mass is 10.0. The first kappa shape index (κ1) is 15.4. The lowest BCUT2D eigenvalue weighted by molar-refractivity contribution is 0.183. The third-order valence-electron chi connectivity index (χ3n) is 3.98. The molecule has 1 aliphatic heterocycles. The van der Waals surface area contributed by atoms with Crippen molar-refractivity contribution in [2.24, 2.45) is 0 Å². The Hall–Kier alpha value is -1.97. The minimum Gasteiger partial charge on any atom is -0.381 e. The number of piperidine rings is 1. The fourth-order valence-corrected chi connectivity index (χ4v) is 2.62. The Bertz CT molecular complexity index is 513. The van der Waals surface area contributed by atoms with Gasteiger partial charge in [0.25, 0.3) is 0 Å². The van der Waals surface area contributed by atoms with Gasteiger partial charge < -0.3 is 15.5 Å². The highest BCUT2D eigenvalue weighted by molar-refractivity contribution is 5.74. The van der Waals surface area contributed by atoms with E-state index in [4.69, 9.17) is 0 Å². The zero-order valence-electron chi connectivity index (χ0n) is 13.0. The number of amides is 2. The Morgan fingerprint density at radius 3 is 2.95 bits per heavy atom. The van der Waals surface area contributed by atoms with Crippen LogP contribution in [0.1, 0.15) is 24.0 Å². The lowest BCUT2D eigenvalue weighted by Crippen LogP contribution is -2.49. The number of urea groups is 1. The molecule has 1 aliphatic rings. The van der Waals surface area contributed by atoms with Gasteiger partial charge in [0.1, 0.15) is 0 Å². The standard InChI is InChI=1S/C17H25N3O/c1-4-9-18-17(21)20-10-5-6-16(12-20)19-15-8-7-13(2)14(3)11-15/h4,7-8,11,16,19H,1,5-6,9-10,12H2,2-3H3,(H,18,21)/t16-/m0/s1. The van der Waals surface area contributed by atoms with E-state index in [9.17, 15) is 4.79 Å². The van der Waals surface area contributed by atoms with E-state index < -0.39 is 0 Å². The number of benzene rings is 1. The molecule has 2 N–H and O–H groups in total. The molecule has 1 saturated heterocycles. The monoisotopic (exact) mass is 287 g/mol. The van der Waals surface area contributed by atoms with Crippen LogP contribution in [0.2, 0.25) is 0 Å². The molecule has 114 valence electrons. The number of hydrogen-bond donors (Lipinski definition) is 2. The summed E-state index contributed by atoms with van der Waals surface area (Å²) in [6.07, 6.45) is 3.83. The molecule has 1 aromatic rings. The van der Waals surface area contributed by atoms with E-state index in [1.807, 2.05) is 4.90 Å². The van der Waals surface area contributed by atoms with E-state index in [1.165, 1.54) is 11.1 Å². The van der Waals surface area contributed by atoms with Crippen LogP contribution in [-0.4, -0.2) is 36.6 Å². The molecular weight excluding hydrogens is 262 g/mol. The maximum absolute atomic E-state index is 12.0. The summed E-state index contributed by atoms with van der Waals surface area (Å²) in [5, 5.41) is 6.39. The fraction of sp³-hybridized carbons (Fsp3) is 0.471. The molecule has 4 heteroatoms. The molecule has 1 fully saturated rings. The quantitative estimate of drug-likeness (QED) is 0.836. The predicted molar refractivity (Wildman–Crippen MR) is 87.7 cm³/mol. The third kappa shape index (κ3) is 4.25. The van der Waals surface area contributed by atoms with Crippen molar-refractivity contribution in [3.8, 4) is 0 Å². The molecule has 0 aromatic heterocycles. The second-order valence-electron chi connectivity index (χ2n) is 5.70. The number of rotatable bonds is 4. The number of hydrogen-bond acceptors (Lipinski definition) is 2. The van der Waals surface area contributed by atoms with Crippen molar-refractivity contribution in [3.63, 3.8) is 0 Å². The number of anilines is 1. The summed E-state index contributed by atoms with van der Waals surface area (Å²) in [6.45, 7) is 9.95. The maximum atomic E-state index is 12.0. The van der Waals surface area contributed by atoms with Crippen LogP contribution >= 0.6 is 0 Å². The highest BCUT2D eigenvalue weighted by Gasteiger charge is 2.23. The molecule has 0 spiro atoms. The number of likely N-dealkylation sites (tertiary alicyclic amines) is 1. The number of nitrogens with zero attached hydrogens (tertiary/aromatic N) is 1. The molecule has 0 saturated carbocycles. The van der Waals surface area contributed by atoms with E-state index >= 15 is 0 Å². The molecular formula is C17H25N3O. The van der Waals surface area contributed by atoms with Crippen LogP contribution in [-0.2, 0) is 0 Å². The topological polar surface area (TPSA) is 44.4 Å². The average molecular weight is 287 g/mol. The molecule has 1 atom stereocenters. The van der Waals surface area contributed by atoms with Crippen molar-refractivity contribution in [2.45, 2.75) is 32.7 Å². The van der Waals surface area contributed by atoms with Crippen molar-refractivity contribution in [1.29, 1.82) is 0 Å². The van der Waals surface area contributed by atoms with Crippen LogP contribution in [0.25, 0.3) is 0 Å². The van der Waals surface area contributed by atoms with Crippen LogP contribution in [0.15, 0.2) is 30.9 Å². The molecule has 1 heterocycles. The van der Waals surface area contributed by atoms with Crippen molar-refractivity contribution >= 4 is 11.7 Å². The van der Waals surface area contributed by atoms with Gasteiger partial charge >= 0.3 is 6.03 Å². The van der Waals surface area contributed by atoms with Crippen molar-refractivity contribution in [3.05, 3.63) is 42.0 Å². The summed E-state index contributed by atoms with van der Waals surface area (Å²) in [6, 6.07) is 6.73. The first-order chi connectivity index (χ1) is 10.1. The fourth-order valence-electron chi connectivity index (χ4n) is 2.62. The molecule has 0 radical (unpaired) electrons. The molecule has 21 heavy (non-hydrogen) atoms. The number of aryl methyl sites for hydroxylation is 2. The Morgan fingerprint density at radius 2 is 2.24 bits per heavy atom.